The summed E-state index contributed by atoms with van der Waals surface area (Å²) in [5, 5.41) is 0. The second kappa shape index (κ2) is 7.33. The minimum Gasteiger partial charge on any atom is -0.339 e. The quantitative estimate of drug-likeness (QED) is 0.929. The first-order valence-electron chi connectivity index (χ1n) is 8.48. The molecule has 0 aliphatic carbocycles. The molecular weight excluding hydrogens is 317 g/mol. The third-order valence-corrected chi connectivity index (χ3v) is 4.82. The van der Waals surface area contributed by atoms with Crippen molar-refractivity contribution in [1.29, 1.82) is 0 Å². The fourth-order valence-electron chi connectivity index (χ4n) is 3.57. The molecule has 5 heteroatoms. The van der Waals surface area contributed by atoms with E-state index >= 15 is 0 Å². The van der Waals surface area contributed by atoms with Crippen LogP contribution in [-0.2, 0) is 4.79 Å². The van der Waals surface area contributed by atoms with Gasteiger partial charge in [-0.2, -0.15) is 0 Å². The molecule has 3 rings (SSSR count). The number of carbonyl (C=O) groups is 1. The Bertz CT molecular complexity index is 735. The Hall–Kier alpha value is -2.24. The predicted octanol–water partition coefficient (Wildman–Crippen LogP) is 2.38. The van der Waals surface area contributed by atoms with Gasteiger partial charge in [0.25, 0.3) is 0 Å². The monoisotopic (exact) mass is 341 g/mol. The van der Waals surface area contributed by atoms with Crippen molar-refractivity contribution in [3.63, 3.8) is 0 Å². The average molecular weight is 341 g/mol. The van der Waals surface area contributed by atoms with Gasteiger partial charge in [0.15, 0.2) is 0 Å². The molecule has 4 nitrogen and oxygen atoms in total. The number of hydrogen-bond donors (Lipinski definition) is 1. The van der Waals surface area contributed by atoms with Crippen LogP contribution < -0.4 is 5.73 Å². The Morgan fingerprint density at radius 2 is 1.88 bits per heavy atom. The molecular formula is C20H24FN3O. The molecule has 1 amide bonds. The first-order valence-corrected chi connectivity index (χ1v) is 8.48. The molecule has 1 fully saturated rings. The van der Waals surface area contributed by atoms with Crippen LogP contribution in [0.5, 0.6) is 0 Å². The van der Waals surface area contributed by atoms with Crippen molar-refractivity contribution >= 4 is 5.91 Å². The number of nitrogens with zero attached hydrogens (tertiary/aromatic N) is 2. The number of likely N-dealkylation sites (N-methyl/N-ethyl adjacent to an activating group) is 1. The Kier molecular flexibility index (Phi) is 5.16. The summed E-state index contributed by atoms with van der Waals surface area (Å²) < 4.78 is 13.5. The minimum atomic E-state index is -0.348. The van der Waals surface area contributed by atoms with Gasteiger partial charge in [-0.05, 0) is 37.4 Å². The molecule has 132 valence electrons. The van der Waals surface area contributed by atoms with E-state index in [4.69, 9.17) is 5.73 Å². The third-order valence-electron chi connectivity index (χ3n) is 4.82. The number of nitrogens with two attached hydrogens (primary N) is 1. The second-order valence-electron chi connectivity index (χ2n) is 6.85. The minimum absolute atomic E-state index is 0.0329. The summed E-state index contributed by atoms with van der Waals surface area (Å²) in [5.41, 5.74) is 8.08. The molecule has 0 spiro atoms. The smallest absolute Gasteiger partial charge is 0.244 e. The van der Waals surface area contributed by atoms with Crippen molar-refractivity contribution in [2.24, 2.45) is 5.73 Å². The molecule has 0 saturated carbocycles. The first kappa shape index (κ1) is 17.6. The van der Waals surface area contributed by atoms with E-state index in [1.807, 2.05) is 55.4 Å². The average Bonchev–Trinajstić information content (AvgIpc) is 2.97. The highest BCUT2D eigenvalue weighted by atomic mass is 19.1. The molecule has 0 bridgehead atoms. The molecule has 1 unspecified atom stereocenters. The topological polar surface area (TPSA) is 49.6 Å². The van der Waals surface area contributed by atoms with Gasteiger partial charge in [0.05, 0.1) is 0 Å². The molecule has 2 N–H and O–H groups in total. The zero-order valence-electron chi connectivity index (χ0n) is 14.6. The van der Waals surface area contributed by atoms with Gasteiger partial charge in [-0.25, -0.2) is 4.39 Å². The van der Waals surface area contributed by atoms with Gasteiger partial charge in [0, 0.05) is 25.0 Å². The summed E-state index contributed by atoms with van der Waals surface area (Å²) in [6.45, 7) is 0.998. The number of amides is 1. The SMILES string of the molecule is CN(C)C(C(=O)N1C[C@@H](N)[C@H](c2cccc(F)c2)C1)c1ccccc1. The first-order chi connectivity index (χ1) is 12.0. The zero-order valence-corrected chi connectivity index (χ0v) is 14.6. The standard InChI is InChI=1S/C20H24FN3O/c1-23(2)19(14-7-4-3-5-8-14)20(25)24-12-17(18(22)13-24)15-9-6-10-16(21)11-15/h3-11,17-19H,12-13,22H2,1-2H3/t17-,18+,19?/m0/s1. The van der Waals surface area contributed by atoms with Gasteiger partial charge in [0.1, 0.15) is 11.9 Å². The van der Waals surface area contributed by atoms with Crippen LogP contribution in [0.2, 0.25) is 0 Å². The molecule has 1 saturated heterocycles. The van der Waals surface area contributed by atoms with Crippen molar-refractivity contribution in [3.05, 3.63) is 71.5 Å². The summed E-state index contributed by atoms with van der Waals surface area (Å²) >= 11 is 0. The number of carbonyl (C=O) groups excluding carboxylic acids is 1. The van der Waals surface area contributed by atoms with Crippen LogP contribution >= 0.6 is 0 Å². The largest absolute Gasteiger partial charge is 0.339 e. The molecule has 3 atom stereocenters. The van der Waals surface area contributed by atoms with E-state index in [0.29, 0.717) is 13.1 Å². The van der Waals surface area contributed by atoms with Crippen LogP contribution in [-0.4, -0.2) is 48.9 Å². The highest BCUT2D eigenvalue weighted by Crippen LogP contribution is 2.30. The van der Waals surface area contributed by atoms with Crippen LogP contribution in [0, 0.1) is 5.82 Å². The van der Waals surface area contributed by atoms with E-state index in [9.17, 15) is 9.18 Å². The van der Waals surface area contributed by atoms with Gasteiger partial charge < -0.3 is 10.6 Å². The molecule has 25 heavy (non-hydrogen) atoms. The van der Waals surface area contributed by atoms with Crippen molar-refractivity contribution in [2.75, 3.05) is 27.2 Å². The van der Waals surface area contributed by atoms with Crippen LogP contribution in [0.15, 0.2) is 54.6 Å². The number of rotatable bonds is 4. The van der Waals surface area contributed by atoms with Crippen LogP contribution in [0.3, 0.4) is 0 Å². The van der Waals surface area contributed by atoms with Crippen LogP contribution in [0.1, 0.15) is 23.1 Å². The normalized spacial score (nSPS) is 21.6. The number of benzene rings is 2. The lowest BCUT2D eigenvalue weighted by Crippen LogP contribution is -2.40. The maximum absolute atomic E-state index is 13.5. The Balaban J connectivity index is 1.81. The molecule has 2 aromatic rings. The Labute approximate surface area is 148 Å². The van der Waals surface area contributed by atoms with Crippen molar-refractivity contribution < 1.29 is 9.18 Å². The predicted molar refractivity (Wildman–Crippen MR) is 96.6 cm³/mol. The van der Waals surface area contributed by atoms with Crippen LogP contribution in [0.4, 0.5) is 4.39 Å². The lowest BCUT2D eigenvalue weighted by atomic mass is 9.95. The van der Waals surface area contributed by atoms with Gasteiger partial charge in [-0.1, -0.05) is 42.5 Å². The van der Waals surface area contributed by atoms with E-state index in [1.165, 1.54) is 12.1 Å². The summed E-state index contributed by atoms with van der Waals surface area (Å²) in [4.78, 5) is 16.9. The molecule has 0 aromatic heterocycles. The van der Waals surface area contributed by atoms with E-state index in [2.05, 4.69) is 0 Å². The molecule has 0 radical (unpaired) electrons. The zero-order chi connectivity index (χ0) is 18.0. The molecule has 2 aromatic carbocycles. The Morgan fingerprint density at radius 3 is 2.52 bits per heavy atom. The molecule has 1 aliphatic heterocycles. The van der Waals surface area contributed by atoms with E-state index in [1.54, 1.807) is 11.0 Å². The molecule has 1 heterocycles. The van der Waals surface area contributed by atoms with Crippen molar-refractivity contribution in [3.8, 4) is 0 Å². The van der Waals surface area contributed by atoms with Gasteiger partial charge in [-0.3, -0.25) is 9.69 Å². The number of halogens is 1. The molecule has 1 aliphatic rings. The van der Waals surface area contributed by atoms with Crippen LogP contribution in [0.25, 0.3) is 0 Å². The van der Waals surface area contributed by atoms with E-state index < -0.39 is 0 Å². The van der Waals surface area contributed by atoms with Crippen molar-refractivity contribution in [1.82, 2.24) is 9.80 Å². The van der Waals surface area contributed by atoms with Gasteiger partial charge >= 0.3 is 0 Å². The lowest BCUT2D eigenvalue weighted by Gasteiger charge is -2.28. The highest BCUT2D eigenvalue weighted by molar-refractivity contribution is 5.83. The van der Waals surface area contributed by atoms with Gasteiger partial charge in [-0.15, -0.1) is 0 Å². The van der Waals surface area contributed by atoms with Gasteiger partial charge in [0.2, 0.25) is 5.91 Å². The fraction of sp³-hybridized carbons (Fsp3) is 0.350. The second-order valence-corrected chi connectivity index (χ2v) is 6.85. The van der Waals surface area contributed by atoms with Crippen molar-refractivity contribution in [2.45, 2.75) is 18.0 Å². The lowest BCUT2D eigenvalue weighted by molar-refractivity contribution is -0.135. The summed E-state index contributed by atoms with van der Waals surface area (Å²) in [6, 6.07) is 15.7. The van der Waals surface area contributed by atoms with E-state index in [0.717, 1.165) is 11.1 Å². The summed E-state index contributed by atoms with van der Waals surface area (Å²) in [5.74, 6) is -0.284. The maximum atomic E-state index is 13.5. The summed E-state index contributed by atoms with van der Waals surface area (Å²) in [7, 11) is 3.80. The summed E-state index contributed by atoms with van der Waals surface area (Å²) in [6.07, 6.45) is 0. The highest BCUT2D eigenvalue weighted by Gasteiger charge is 2.37. The Morgan fingerprint density at radius 1 is 1.16 bits per heavy atom. The maximum Gasteiger partial charge on any atom is 0.244 e. The number of likely N-dealkylation sites (tertiary alicyclic amines) is 1. The third kappa shape index (κ3) is 3.72. The van der Waals surface area contributed by atoms with E-state index in [-0.39, 0.29) is 29.7 Å². The fourth-order valence-corrected chi connectivity index (χ4v) is 3.57. The number of hydrogen-bond acceptors (Lipinski definition) is 3.